The third-order valence-corrected chi connectivity index (χ3v) is 14.0. The average molecular weight is 1600 g/mol. The van der Waals surface area contributed by atoms with Crippen molar-refractivity contribution in [3.8, 4) is 0 Å². The fourth-order valence-electron chi connectivity index (χ4n) is 9.01. The minimum absolute atomic E-state index is 0. The molecule has 112 heavy (non-hydrogen) atoms. The summed E-state index contributed by atoms with van der Waals surface area (Å²) in [6, 6.07) is 6.20. The number of nitrogen functional groups attached to an aromatic ring is 2. The van der Waals surface area contributed by atoms with E-state index in [4.69, 9.17) is 55.5 Å². The van der Waals surface area contributed by atoms with Crippen molar-refractivity contribution >= 4 is 105 Å². The SMILES string of the molecule is C.CC(C)(C)OC(=O)NCCOCCOCCN.COC(=O)[C@H](CCC(=O)CCCOCCOCCNC(=O)OC(C)(C)C)NC(=O)c1ccc(N(Cc2cnc3nc(N)[nH]c(=O)c3n2)C(=O)C(F)(F)F)cc1.COC(=O)[C@H](CCC(=O)O)NC(=O)c1ccc(N(Cc2cnc3nc(N)[nH]c(=O)c3n2)C(=O)C(F)(F)F)cc1. The molecule has 0 saturated heterocycles. The predicted octanol–water partition coefficient (Wildman–Crippen LogP) is 4.02. The van der Waals surface area contributed by atoms with Crippen molar-refractivity contribution in [3.63, 3.8) is 0 Å². The maximum Gasteiger partial charge on any atom is 0.471 e. The summed E-state index contributed by atoms with van der Waals surface area (Å²) in [6.07, 6.45) is -9.84. The van der Waals surface area contributed by atoms with E-state index in [1.54, 1.807) is 20.8 Å². The third-order valence-electron chi connectivity index (χ3n) is 14.0. The van der Waals surface area contributed by atoms with Crippen LogP contribution in [0.15, 0.2) is 70.5 Å². The fraction of sp³-hybridized carbons (Fsp3) is 0.500. The first-order valence-electron chi connectivity index (χ1n) is 33.6. The van der Waals surface area contributed by atoms with Crippen LogP contribution < -0.4 is 59.4 Å². The number of amides is 6. The number of hydrogen-bond donors (Lipinski definition) is 10. The standard InChI is InChI=1S/C34H43F3N8O10.C22H20F3N7O7.C11H24N2O4.CH4/c1-33(2,3)55-32(51)39-13-15-54-17-16-53-14-5-6-23(46)11-12-24(29(49)52-4)42-27(47)20-7-9-22(10-8-20)45(30(50)34(35,36)37)19-21-18-40-26-25(41-21)28(48)44-31(38)43-26;1-39-19(37)13(6-7-14(33)34)29-17(35)10-2-4-12(5-3-10)32(20(38)22(23,24)25)9-11-8-27-16-15(28-11)18(36)31-21(26)30-16;1-11(2,3)17-10(14)13-5-7-16-9-8-15-6-4-12;/h7-10,18,24H,5-6,11-17,19H2,1-4H3,(H,39,51)(H,42,47)(H3,38,40,43,44,48);2-5,8,13H,6-7,9H2,1H3,(H,29,35)(H,33,34)(H3,26,27,30,31,36);4-9,12H2,1-3H3,(H,13,14);1H4/t24-;13-;;/m00../s1. The van der Waals surface area contributed by atoms with Crippen LogP contribution in [0.25, 0.3) is 22.3 Å². The number of carbonyl (C=O) groups is 10. The van der Waals surface area contributed by atoms with Crippen LogP contribution in [0, 0.1) is 0 Å². The number of esters is 2. The zero-order chi connectivity index (χ0) is 82.8. The van der Waals surface area contributed by atoms with E-state index >= 15 is 0 Å². The summed E-state index contributed by atoms with van der Waals surface area (Å²) < 4.78 is 122. The molecule has 4 heterocycles. The Balaban J connectivity index is 0.000000493. The van der Waals surface area contributed by atoms with Crippen LogP contribution in [-0.2, 0) is 79.8 Å². The second-order valence-electron chi connectivity index (χ2n) is 25.1. The molecule has 0 aliphatic rings. The number of nitrogens with zero attached hydrogens (tertiary/aromatic N) is 8. The van der Waals surface area contributed by atoms with E-state index in [1.165, 1.54) is 0 Å². The van der Waals surface area contributed by atoms with Crippen molar-refractivity contribution in [1.82, 2.24) is 61.1 Å². The number of halogens is 6. The van der Waals surface area contributed by atoms with Crippen molar-refractivity contribution in [2.45, 2.75) is 136 Å². The zero-order valence-corrected chi connectivity index (χ0v) is 61.6. The molecule has 44 heteroatoms. The van der Waals surface area contributed by atoms with E-state index in [0.29, 0.717) is 55.7 Å². The Hall–Kier alpha value is -11.6. The van der Waals surface area contributed by atoms with Gasteiger partial charge < -0.3 is 81.5 Å². The molecule has 6 aromatic rings. The molecule has 0 fully saturated rings. The minimum atomic E-state index is -5.30. The molecule has 0 unspecified atom stereocenters. The lowest BCUT2D eigenvalue weighted by Crippen LogP contribution is -2.42. The number of carboxylic acids is 1. The third kappa shape index (κ3) is 34.1. The first-order valence-corrected chi connectivity index (χ1v) is 33.6. The van der Waals surface area contributed by atoms with E-state index in [0.717, 1.165) is 75.1 Å². The van der Waals surface area contributed by atoms with E-state index in [9.17, 15) is 83.9 Å². The molecule has 2 aromatic carbocycles. The van der Waals surface area contributed by atoms with Gasteiger partial charge in [0.2, 0.25) is 11.9 Å². The number of aliphatic carboxylic acids is 1. The highest BCUT2D eigenvalue weighted by Gasteiger charge is 2.45. The number of fused-ring (bicyclic) bond motifs is 2. The van der Waals surface area contributed by atoms with E-state index in [-0.39, 0.29) is 140 Å². The lowest BCUT2D eigenvalue weighted by atomic mass is 10.1. The van der Waals surface area contributed by atoms with E-state index in [1.807, 2.05) is 20.8 Å². The molecule has 0 aliphatic heterocycles. The van der Waals surface area contributed by atoms with Crippen LogP contribution in [0.2, 0.25) is 0 Å². The number of carbonyl (C=O) groups excluding carboxylic acids is 9. The van der Waals surface area contributed by atoms with Crippen LogP contribution in [0.4, 0.5) is 59.2 Å². The number of hydrogen-bond acceptors (Lipinski definition) is 29. The van der Waals surface area contributed by atoms with Gasteiger partial charge in [-0.2, -0.15) is 36.3 Å². The van der Waals surface area contributed by atoms with Gasteiger partial charge in [-0.1, -0.05) is 7.43 Å². The average Bonchev–Trinajstić information content (AvgIpc) is 0.815. The van der Waals surface area contributed by atoms with Gasteiger partial charge in [-0.15, -0.1) is 0 Å². The Kier molecular flexibility index (Phi) is 38.4. The number of nitrogens with two attached hydrogens (primary N) is 3. The highest BCUT2D eigenvalue weighted by Crippen LogP contribution is 2.28. The molecule has 6 amide bonds. The number of benzene rings is 2. The second-order valence-corrected chi connectivity index (χ2v) is 25.1. The summed E-state index contributed by atoms with van der Waals surface area (Å²) in [5.74, 6) is -9.77. The van der Waals surface area contributed by atoms with Gasteiger partial charge in [0.25, 0.3) is 22.9 Å². The Morgan fingerprint density at radius 3 is 1.24 bits per heavy atom. The van der Waals surface area contributed by atoms with Crippen molar-refractivity contribution < 1.29 is 117 Å². The summed E-state index contributed by atoms with van der Waals surface area (Å²) in [4.78, 5) is 173. The van der Waals surface area contributed by atoms with Gasteiger partial charge in [-0.05, 0) is 109 Å². The number of ketones is 1. The molecule has 0 saturated carbocycles. The van der Waals surface area contributed by atoms with Gasteiger partial charge in [0.05, 0.1) is 97.3 Å². The Bertz CT molecular complexity index is 4260. The quantitative estimate of drug-likeness (QED) is 0.0115. The van der Waals surface area contributed by atoms with Gasteiger partial charge in [0.1, 0.15) is 29.1 Å². The highest BCUT2D eigenvalue weighted by molar-refractivity contribution is 6.01. The van der Waals surface area contributed by atoms with Crippen LogP contribution >= 0.6 is 0 Å². The molecule has 0 spiro atoms. The van der Waals surface area contributed by atoms with Crippen LogP contribution in [-0.4, -0.2) is 227 Å². The molecule has 616 valence electrons. The number of alkyl carbamates (subject to hydrolysis) is 2. The topological polar surface area (TPSA) is 540 Å². The zero-order valence-electron chi connectivity index (χ0n) is 61.6. The summed E-state index contributed by atoms with van der Waals surface area (Å²) in [5, 5.41) is 18.7. The summed E-state index contributed by atoms with van der Waals surface area (Å²) in [6.45, 7) is 13.5. The molecular weight excluding hydrogens is 1500 g/mol. The molecule has 2 atom stereocenters. The van der Waals surface area contributed by atoms with Crippen LogP contribution in [0.1, 0.15) is 120 Å². The maximum atomic E-state index is 13.6. The van der Waals surface area contributed by atoms with E-state index < -0.39 is 120 Å². The summed E-state index contributed by atoms with van der Waals surface area (Å²) in [7, 11) is 2.15. The first kappa shape index (κ1) is 94.6. The number of methoxy groups -OCH3 is 2. The molecule has 13 N–H and O–H groups in total. The Morgan fingerprint density at radius 2 is 0.893 bits per heavy atom. The molecule has 38 nitrogen and oxygen atoms in total. The number of ether oxygens (including phenoxy) is 8. The normalized spacial score (nSPS) is 11.8. The van der Waals surface area contributed by atoms with Gasteiger partial charge >= 0.3 is 54.3 Å². The number of H-pyrrole nitrogens is 2. The Labute approximate surface area is 635 Å². The van der Waals surface area contributed by atoms with Crippen molar-refractivity contribution in [3.05, 3.63) is 104 Å². The van der Waals surface area contributed by atoms with Crippen LogP contribution in [0.5, 0.6) is 0 Å². The first-order chi connectivity index (χ1) is 52.1. The van der Waals surface area contributed by atoms with Gasteiger partial charge in [-0.25, -0.2) is 39.1 Å². The van der Waals surface area contributed by atoms with Gasteiger partial charge in [-0.3, -0.25) is 58.1 Å². The lowest BCUT2D eigenvalue weighted by Gasteiger charge is -2.24. The number of aromatic nitrogens is 8. The van der Waals surface area contributed by atoms with E-state index in [2.05, 4.69) is 65.9 Å². The molecule has 0 bridgehead atoms. The van der Waals surface area contributed by atoms with Crippen molar-refractivity contribution in [2.24, 2.45) is 5.73 Å². The van der Waals surface area contributed by atoms with Crippen LogP contribution in [0.3, 0.4) is 0 Å². The predicted molar refractivity (Wildman–Crippen MR) is 387 cm³/mol. The number of anilines is 4. The second kappa shape index (κ2) is 45.5. The lowest BCUT2D eigenvalue weighted by molar-refractivity contribution is -0.170. The summed E-state index contributed by atoms with van der Waals surface area (Å²) in [5.41, 5.74) is 11.5. The molecule has 4 aromatic heterocycles. The van der Waals surface area contributed by atoms with Crippen molar-refractivity contribution in [1.29, 1.82) is 0 Å². The maximum absolute atomic E-state index is 13.6. The number of carboxylic acid groups (broad SMARTS) is 1. The molecule has 6 rings (SSSR count). The number of Topliss-reactive ketones (excluding diaryl/α,β-unsaturated/α-hetero) is 1. The highest BCUT2D eigenvalue weighted by atomic mass is 19.4. The molecular formula is C68H91F6N17O21. The van der Waals surface area contributed by atoms with Gasteiger partial charge in [0, 0.05) is 68.0 Å². The number of nitrogens with one attached hydrogen (secondary N) is 6. The fourth-order valence-corrected chi connectivity index (χ4v) is 9.01. The molecule has 0 radical (unpaired) electrons. The van der Waals surface area contributed by atoms with Crippen molar-refractivity contribution in [2.75, 3.05) is 108 Å². The minimum Gasteiger partial charge on any atom is -0.481 e. The monoisotopic (exact) mass is 1600 g/mol. The number of rotatable bonds is 36. The van der Waals surface area contributed by atoms with Gasteiger partial charge in [0.15, 0.2) is 22.3 Å². The Morgan fingerprint density at radius 1 is 0.527 bits per heavy atom. The largest absolute Gasteiger partial charge is 0.481 e. The number of alkyl halides is 6. The molecule has 0 aliphatic carbocycles. The number of aromatic amines is 2. The smallest absolute Gasteiger partial charge is 0.471 e. The summed E-state index contributed by atoms with van der Waals surface area (Å²) >= 11 is 0.